The minimum atomic E-state index is 0.0586. The van der Waals surface area contributed by atoms with Crippen molar-refractivity contribution in [3.05, 3.63) is 52.2 Å². The molecule has 2 rings (SSSR count). The van der Waals surface area contributed by atoms with Gasteiger partial charge in [-0.1, -0.05) is 18.2 Å². The normalized spacial score (nSPS) is 10.4. The zero-order chi connectivity index (χ0) is 13.5. The monoisotopic (exact) mass is 293 g/mol. The van der Waals surface area contributed by atoms with Crippen LogP contribution in [0.15, 0.2) is 41.8 Å². The summed E-state index contributed by atoms with van der Waals surface area (Å²) < 4.78 is 0. The quantitative estimate of drug-likeness (QED) is 0.783. The summed E-state index contributed by atoms with van der Waals surface area (Å²) in [6, 6.07) is 11.8. The van der Waals surface area contributed by atoms with E-state index in [2.05, 4.69) is 16.8 Å². The van der Waals surface area contributed by atoms with E-state index in [0.29, 0.717) is 12.3 Å². The lowest BCUT2D eigenvalue weighted by atomic mass is 10.2. The molecule has 0 fully saturated rings. The van der Waals surface area contributed by atoms with Crippen molar-refractivity contribution < 1.29 is 4.79 Å². The Morgan fingerprint density at radius 3 is 2.89 bits per heavy atom. The highest BCUT2D eigenvalue weighted by Crippen LogP contribution is 2.14. The molecule has 4 heteroatoms. The van der Waals surface area contributed by atoms with Crippen LogP contribution in [0.1, 0.15) is 23.3 Å². The molecule has 1 N–H and O–H groups in total. The Kier molecular flexibility index (Phi) is 5.43. The molecule has 0 unspecified atom stereocenters. The highest BCUT2D eigenvalue weighted by Gasteiger charge is 2.03. The average molecular weight is 294 g/mol. The summed E-state index contributed by atoms with van der Waals surface area (Å²) in [7, 11) is 0. The molecule has 0 atom stereocenters. The number of alkyl halides is 1. The topological polar surface area (TPSA) is 29.1 Å². The van der Waals surface area contributed by atoms with Gasteiger partial charge in [0.1, 0.15) is 0 Å². The SMILES string of the molecule is O=C(CCCc1cccs1)Nc1cccc(CCl)c1. The number of benzene rings is 1. The van der Waals surface area contributed by atoms with Crippen molar-refractivity contribution in [3.63, 3.8) is 0 Å². The van der Waals surface area contributed by atoms with E-state index >= 15 is 0 Å². The number of carbonyl (C=O) groups excluding carboxylic acids is 1. The van der Waals surface area contributed by atoms with E-state index in [1.165, 1.54) is 4.88 Å². The Morgan fingerprint density at radius 2 is 2.16 bits per heavy atom. The van der Waals surface area contributed by atoms with Crippen LogP contribution in [0, 0.1) is 0 Å². The van der Waals surface area contributed by atoms with Crippen molar-refractivity contribution in [2.75, 3.05) is 5.32 Å². The molecule has 0 spiro atoms. The minimum Gasteiger partial charge on any atom is -0.326 e. The van der Waals surface area contributed by atoms with Crippen LogP contribution >= 0.6 is 22.9 Å². The first-order chi connectivity index (χ1) is 9.28. The van der Waals surface area contributed by atoms with Crippen molar-refractivity contribution in [2.24, 2.45) is 0 Å². The van der Waals surface area contributed by atoms with Crippen molar-refractivity contribution >= 4 is 34.5 Å². The second-order valence-electron chi connectivity index (χ2n) is 4.32. The lowest BCUT2D eigenvalue weighted by Crippen LogP contribution is -2.11. The van der Waals surface area contributed by atoms with Gasteiger partial charge in [0, 0.05) is 22.9 Å². The number of rotatable bonds is 6. The van der Waals surface area contributed by atoms with Gasteiger partial charge in [0.15, 0.2) is 0 Å². The van der Waals surface area contributed by atoms with Crippen LogP contribution in [-0.2, 0) is 17.1 Å². The minimum absolute atomic E-state index is 0.0586. The van der Waals surface area contributed by atoms with Gasteiger partial charge in [0.2, 0.25) is 5.91 Å². The van der Waals surface area contributed by atoms with E-state index in [4.69, 9.17) is 11.6 Å². The van der Waals surface area contributed by atoms with E-state index in [1.807, 2.05) is 30.3 Å². The maximum atomic E-state index is 11.8. The Balaban J connectivity index is 1.77. The Labute approximate surface area is 122 Å². The predicted molar refractivity (Wildman–Crippen MR) is 81.9 cm³/mol. The summed E-state index contributed by atoms with van der Waals surface area (Å²) in [5, 5.41) is 4.97. The fourth-order valence-electron chi connectivity index (χ4n) is 1.83. The first-order valence-corrected chi connectivity index (χ1v) is 7.66. The summed E-state index contributed by atoms with van der Waals surface area (Å²) in [6.07, 6.45) is 2.39. The molecular formula is C15H16ClNOS. The van der Waals surface area contributed by atoms with Gasteiger partial charge in [-0.05, 0) is 42.0 Å². The van der Waals surface area contributed by atoms with Crippen LogP contribution in [0.5, 0.6) is 0 Å². The van der Waals surface area contributed by atoms with Gasteiger partial charge in [-0.3, -0.25) is 4.79 Å². The van der Waals surface area contributed by atoms with Crippen molar-refractivity contribution in [2.45, 2.75) is 25.1 Å². The van der Waals surface area contributed by atoms with Gasteiger partial charge in [-0.2, -0.15) is 0 Å². The maximum absolute atomic E-state index is 11.8. The molecule has 0 saturated carbocycles. The fourth-order valence-corrected chi connectivity index (χ4v) is 2.75. The Hall–Kier alpha value is -1.32. The number of hydrogen-bond acceptors (Lipinski definition) is 2. The van der Waals surface area contributed by atoms with E-state index in [0.717, 1.165) is 24.1 Å². The predicted octanol–water partition coefficient (Wildman–Crippen LogP) is 4.45. The van der Waals surface area contributed by atoms with Crippen molar-refractivity contribution in [1.82, 2.24) is 0 Å². The summed E-state index contributed by atoms with van der Waals surface area (Å²) in [4.78, 5) is 13.1. The van der Waals surface area contributed by atoms with E-state index in [9.17, 15) is 4.79 Å². The number of aryl methyl sites for hydroxylation is 1. The largest absolute Gasteiger partial charge is 0.326 e. The Morgan fingerprint density at radius 1 is 1.26 bits per heavy atom. The first-order valence-electron chi connectivity index (χ1n) is 6.25. The molecule has 2 aromatic rings. The third kappa shape index (κ3) is 4.69. The van der Waals surface area contributed by atoms with Gasteiger partial charge < -0.3 is 5.32 Å². The zero-order valence-corrected chi connectivity index (χ0v) is 12.1. The molecule has 1 aromatic carbocycles. The molecule has 0 bridgehead atoms. The van der Waals surface area contributed by atoms with Crippen LogP contribution < -0.4 is 5.32 Å². The maximum Gasteiger partial charge on any atom is 0.224 e. The lowest BCUT2D eigenvalue weighted by molar-refractivity contribution is -0.116. The number of thiophene rings is 1. The first kappa shape index (κ1) is 14.1. The number of hydrogen-bond donors (Lipinski definition) is 1. The molecule has 0 aliphatic rings. The van der Waals surface area contributed by atoms with Crippen molar-refractivity contribution in [3.8, 4) is 0 Å². The van der Waals surface area contributed by atoms with E-state index in [1.54, 1.807) is 11.3 Å². The molecule has 19 heavy (non-hydrogen) atoms. The third-order valence-corrected chi connectivity index (χ3v) is 4.02. The molecule has 1 aromatic heterocycles. The van der Waals surface area contributed by atoms with Gasteiger partial charge >= 0.3 is 0 Å². The van der Waals surface area contributed by atoms with Gasteiger partial charge in [-0.15, -0.1) is 22.9 Å². The average Bonchev–Trinajstić information content (AvgIpc) is 2.92. The summed E-state index contributed by atoms with van der Waals surface area (Å²) in [6.45, 7) is 0. The molecule has 0 radical (unpaired) electrons. The number of nitrogens with one attached hydrogen (secondary N) is 1. The second kappa shape index (κ2) is 7.31. The second-order valence-corrected chi connectivity index (χ2v) is 5.61. The fraction of sp³-hybridized carbons (Fsp3) is 0.267. The zero-order valence-electron chi connectivity index (χ0n) is 10.6. The lowest BCUT2D eigenvalue weighted by Gasteiger charge is -2.06. The van der Waals surface area contributed by atoms with Crippen LogP contribution in [0.25, 0.3) is 0 Å². The Bertz CT molecular complexity index is 525. The van der Waals surface area contributed by atoms with E-state index < -0.39 is 0 Å². The molecular weight excluding hydrogens is 278 g/mol. The summed E-state index contributed by atoms with van der Waals surface area (Å²) >= 11 is 7.50. The molecule has 1 heterocycles. The van der Waals surface area contributed by atoms with Gasteiger partial charge in [-0.25, -0.2) is 0 Å². The number of halogens is 1. The molecule has 1 amide bonds. The van der Waals surface area contributed by atoms with Crippen LogP contribution in [-0.4, -0.2) is 5.91 Å². The molecule has 0 aliphatic carbocycles. The standard InChI is InChI=1S/C15H16ClNOS/c16-11-12-4-1-5-13(10-12)17-15(18)8-2-6-14-7-3-9-19-14/h1,3-5,7,9-10H,2,6,8,11H2,(H,17,18). The summed E-state index contributed by atoms with van der Waals surface area (Å²) in [5.41, 5.74) is 1.83. The van der Waals surface area contributed by atoms with Crippen LogP contribution in [0.2, 0.25) is 0 Å². The third-order valence-electron chi connectivity index (χ3n) is 2.77. The van der Waals surface area contributed by atoms with E-state index in [-0.39, 0.29) is 5.91 Å². The molecule has 0 aliphatic heterocycles. The van der Waals surface area contributed by atoms with Gasteiger partial charge in [0.25, 0.3) is 0 Å². The molecule has 2 nitrogen and oxygen atoms in total. The molecule has 0 saturated heterocycles. The number of amides is 1. The highest BCUT2D eigenvalue weighted by atomic mass is 35.5. The highest BCUT2D eigenvalue weighted by molar-refractivity contribution is 7.09. The van der Waals surface area contributed by atoms with Gasteiger partial charge in [0.05, 0.1) is 0 Å². The number of anilines is 1. The number of carbonyl (C=O) groups is 1. The van der Waals surface area contributed by atoms with Crippen molar-refractivity contribution in [1.29, 1.82) is 0 Å². The van der Waals surface area contributed by atoms with Crippen LogP contribution in [0.3, 0.4) is 0 Å². The smallest absolute Gasteiger partial charge is 0.224 e. The summed E-state index contributed by atoms with van der Waals surface area (Å²) in [5.74, 6) is 0.519. The molecule has 100 valence electrons. The van der Waals surface area contributed by atoms with Crippen LogP contribution in [0.4, 0.5) is 5.69 Å².